The largest absolute Gasteiger partial charge is 0.493 e. The molecule has 18 rings (SSSR count). The summed E-state index contributed by atoms with van der Waals surface area (Å²) >= 11 is 0. The lowest BCUT2D eigenvalue weighted by Crippen LogP contribution is -2.37. The average Bonchev–Trinajstić information content (AvgIpc) is 0.808. The number of methoxy groups -OCH3 is 2. The molecule has 26 heteroatoms. The number of nitrogens with one attached hydrogen (secondary N) is 6. The molecule has 0 fully saturated rings. The highest BCUT2D eigenvalue weighted by molar-refractivity contribution is 5.83. The number of fused-ring (bicyclic) bond motifs is 6. The van der Waals surface area contributed by atoms with Crippen molar-refractivity contribution in [3.63, 3.8) is 0 Å². The van der Waals surface area contributed by atoms with Crippen molar-refractivity contribution in [2.75, 3.05) is 135 Å². The molecule has 0 saturated carbocycles. The van der Waals surface area contributed by atoms with Gasteiger partial charge in [-0.2, -0.15) is 0 Å². The molecule has 0 radical (unpaired) electrons. The number of para-hydroxylation sites is 7. The van der Waals surface area contributed by atoms with Crippen LogP contribution < -0.4 is 98.2 Å². The van der Waals surface area contributed by atoms with Gasteiger partial charge in [-0.05, 0) is 177 Å². The molecule has 0 aromatic heterocycles. The van der Waals surface area contributed by atoms with E-state index in [1.807, 2.05) is 103 Å². The number of halogens is 6. The molecule has 0 spiro atoms. The van der Waals surface area contributed by atoms with Crippen molar-refractivity contribution in [3.05, 3.63) is 276 Å². The molecule has 6 unspecified atom stereocenters. The van der Waals surface area contributed by atoms with Crippen LogP contribution in [0, 0.1) is 62.6 Å². The Morgan fingerprint density at radius 2 is 0.602 bits per heavy atom. The van der Waals surface area contributed by atoms with Gasteiger partial charge >= 0.3 is 0 Å². The SMILES string of the molecule is CNCC1COc2cccc(-c3cc(C)ccc3C)c2O1.CNCC1COc2cccc(-c3cc(F)ccc3F)c2O1.CNCC1COc2cccc(-c3ccc(F)cc3F)c2O1.CNCC1COc2cccc(-c3cccc(C)c3C)c2O1.CNCC1COc2cccc(-c3cccc(F)c3F)c2O1.CNCC1COc2cccc(-c3cccc(OC)c3OC)c2O1. The fourth-order valence-electron chi connectivity index (χ4n) is 15.3. The van der Waals surface area contributed by atoms with Gasteiger partial charge in [0.15, 0.2) is 92.1 Å². The number of hydrogen-bond donors (Lipinski definition) is 6. The number of aryl methyl sites for hydroxylation is 3. The first-order chi connectivity index (χ1) is 62.2. The molecule has 12 aromatic carbocycles. The zero-order chi connectivity index (χ0) is 90.3. The Hall–Kier alpha value is -12.8. The first kappa shape index (κ1) is 92.8. The van der Waals surface area contributed by atoms with Crippen LogP contribution in [0.15, 0.2) is 218 Å². The zero-order valence-electron chi connectivity index (χ0n) is 73.7. The third kappa shape index (κ3) is 22.4. The van der Waals surface area contributed by atoms with Crippen molar-refractivity contribution in [2.45, 2.75) is 64.3 Å². The Bertz CT molecular complexity index is 5410. The Balaban J connectivity index is 0.000000131. The minimum atomic E-state index is -0.884. The maximum atomic E-state index is 14.0. The summed E-state index contributed by atoms with van der Waals surface area (Å²) in [5.41, 5.74) is 13.7. The van der Waals surface area contributed by atoms with Crippen LogP contribution in [-0.4, -0.2) is 172 Å². The monoisotopic (exact) mass is 1750 g/mol. The van der Waals surface area contributed by atoms with Gasteiger partial charge in [-0.15, -0.1) is 0 Å². The molecule has 0 bridgehead atoms. The molecular weight excluding hydrogens is 1650 g/mol. The lowest BCUT2D eigenvalue weighted by atomic mass is 9.96. The standard InChI is InChI=1S/C18H21NO4.2C18H21NO2.3C16H15F2NO2/c1-19-10-12-11-22-16-9-5-7-14(18(16)23-12)13-6-4-8-15(20-2)17(13)21-3;1-12-6-4-7-15(13(12)2)16-8-5-9-17-18(16)21-14(10-19-3)11-20-17;1-12-7-8-13(2)16(9-12)15-5-4-6-17-18(15)21-14(10-19-3)11-20-17;1-19-8-10-9-20-14-7-3-5-12(16(14)21-10)11-4-2-6-13(17)15(11)18;1-19-8-11-9-20-15-4-2-3-13(16(15)21-11)12-6-5-10(17)7-14(12)18;1-19-8-11-9-20-15-4-2-3-12(16(15)21-11)13-7-10(17)5-6-14(13)18/h4-9,12,19H,10-11H2,1-3H3;2*4-9,14,19H,10-11H2,1-3H3;2-7,10,19H,8-9H2,1H3;2*2-7,11,19H,8-9H2,1H3. The van der Waals surface area contributed by atoms with E-state index < -0.39 is 34.9 Å². The van der Waals surface area contributed by atoms with E-state index in [4.69, 9.17) is 66.3 Å². The predicted molar refractivity (Wildman–Crippen MR) is 486 cm³/mol. The van der Waals surface area contributed by atoms with Gasteiger partial charge in [0.25, 0.3) is 0 Å². The van der Waals surface area contributed by atoms with Crippen LogP contribution in [0.5, 0.6) is 80.5 Å². The summed E-state index contributed by atoms with van der Waals surface area (Å²) in [5.74, 6) is 5.33. The van der Waals surface area contributed by atoms with E-state index in [1.54, 1.807) is 68.8 Å². The minimum Gasteiger partial charge on any atom is -0.493 e. The molecular formula is C102H108F6N6O14. The zero-order valence-corrected chi connectivity index (χ0v) is 73.7. The maximum absolute atomic E-state index is 14.0. The van der Waals surface area contributed by atoms with Crippen molar-refractivity contribution < 1.29 is 92.7 Å². The summed E-state index contributed by atoms with van der Waals surface area (Å²) in [6, 6.07) is 63.3. The first-order valence-electron chi connectivity index (χ1n) is 42.4. The van der Waals surface area contributed by atoms with Crippen molar-refractivity contribution >= 4 is 0 Å². The molecule has 0 saturated heterocycles. The summed E-state index contributed by atoms with van der Waals surface area (Å²) < 4.78 is 163. The smallest absolute Gasteiger partial charge is 0.169 e. The van der Waals surface area contributed by atoms with Crippen LogP contribution in [0.1, 0.15) is 22.3 Å². The minimum absolute atomic E-state index is 0.0229. The summed E-state index contributed by atoms with van der Waals surface area (Å²) in [6.45, 7) is 15.6. The van der Waals surface area contributed by atoms with E-state index in [0.717, 1.165) is 107 Å². The van der Waals surface area contributed by atoms with Gasteiger partial charge in [-0.1, -0.05) is 139 Å². The summed E-state index contributed by atoms with van der Waals surface area (Å²) in [5, 5.41) is 18.4. The van der Waals surface area contributed by atoms with Gasteiger partial charge in [-0.3, -0.25) is 0 Å². The van der Waals surface area contributed by atoms with Crippen LogP contribution in [0.4, 0.5) is 26.3 Å². The van der Waals surface area contributed by atoms with E-state index >= 15 is 0 Å². The Morgan fingerprint density at radius 3 is 1.00 bits per heavy atom. The lowest BCUT2D eigenvalue weighted by molar-refractivity contribution is 0.0926. The number of benzene rings is 12. The average molecular weight is 1760 g/mol. The van der Waals surface area contributed by atoms with Crippen molar-refractivity contribution in [1.29, 1.82) is 0 Å². The number of likely N-dealkylation sites (N-methyl/N-ethyl adjacent to an activating group) is 6. The van der Waals surface area contributed by atoms with E-state index in [1.165, 1.54) is 57.6 Å². The second kappa shape index (κ2) is 44.6. The number of rotatable bonds is 20. The fourth-order valence-corrected chi connectivity index (χ4v) is 15.3. The topological polar surface area (TPSA) is 201 Å². The molecule has 6 N–H and O–H groups in total. The molecule has 20 nitrogen and oxygen atoms in total. The highest BCUT2D eigenvalue weighted by Crippen LogP contribution is 2.50. The molecule has 6 aliphatic heterocycles. The van der Waals surface area contributed by atoms with Gasteiger partial charge < -0.3 is 98.2 Å². The maximum Gasteiger partial charge on any atom is 0.169 e. The van der Waals surface area contributed by atoms with Crippen molar-refractivity contribution in [3.8, 4) is 147 Å². The highest BCUT2D eigenvalue weighted by atomic mass is 19.2. The summed E-state index contributed by atoms with van der Waals surface area (Å²) in [4.78, 5) is 0. The summed E-state index contributed by atoms with van der Waals surface area (Å²) in [6.07, 6.45) is -0.402. The van der Waals surface area contributed by atoms with Gasteiger partial charge in [0.05, 0.1) is 14.2 Å². The molecule has 12 aromatic rings. The first-order valence-corrected chi connectivity index (χ1v) is 42.4. The molecule has 128 heavy (non-hydrogen) atoms. The van der Waals surface area contributed by atoms with E-state index in [-0.39, 0.29) is 47.8 Å². The predicted octanol–water partition coefficient (Wildman–Crippen LogP) is 18.4. The summed E-state index contributed by atoms with van der Waals surface area (Å²) in [7, 11) is 14.5. The van der Waals surface area contributed by atoms with Gasteiger partial charge in [0.1, 0.15) is 99.5 Å². The Labute approximate surface area is 743 Å². The highest BCUT2D eigenvalue weighted by Gasteiger charge is 2.32. The van der Waals surface area contributed by atoms with E-state index in [9.17, 15) is 26.3 Å². The molecule has 6 heterocycles. The number of ether oxygens (including phenoxy) is 14. The van der Waals surface area contributed by atoms with Gasteiger partial charge in [0, 0.05) is 101 Å². The van der Waals surface area contributed by atoms with Crippen molar-refractivity contribution in [1.82, 2.24) is 31.9 Å². The molecule has 6 atom stereocenters. The fraction of sp³-hybridized carbons (Fsp3) is 0.294. The normalized spacial score (nSPS) is 16.7. The third-order valence-electron chi connectivity index (χ3n) is 21.7. The second-order valence-electron chi connectivity index (χ2n) is 30.9. The van der Waals surface area contributed by atoms with E-state index in [2.05, 4.69) is 108 Å². The third-order valence-corrected chi connectivity index (χ3v) is 21.7. The van der Waals surface area contributed by atoms with E-state index in [0.29, 0.717) is 128 Å². The van der Waals surface area contributed by atoms with Crippen molar-refractivity contribution in [2.24, 2.45) is 0 Å². The molecule has 0 amide bonds. The Kier molecular flexibility index (Phi) is 32.3. The molecule has 6 aliphatic rings. The lowest BCUT2D eigenvalue weighted by Gasteiger charge is -2.28. The van der Waals surface area contributed by atoms with Crippen LogP contribution in [-0.2, 0) is 0 Å². The van der Waals surface area contributed by atoms with Crippen LogP contribution >= 0.6 is 0 Å². The molecule has 0 aliphatic carbocycles. The molecule has 672 valence electrons. The Morgan fingerprint density at radius 1 is 0.273 bits per heavy atom. The van der Waals surface area contributed by atoms with Gasteiger partial charge in [-0.25, -0.2) is 26.3 Å². The quantitative estimate of drug-likeness (QED) is 0.0393. The van der Waals surface area contributed by atoms with Crippen LogP contribution in [0.25, 0.3) is 66.8 Å². The van der Waals surface area contributed by atoms with Crippen LogP contribution in [0.2, 0.25) is 0 Å². The number of hydrogen-bond acceptors (Lipinski definition) is 20. The van der Waals surface area contributed by atoms with Gasteiger partial charge in [0.2, 0.25) is 0 Å². The van der Waals surface area contributed by atoms with Crippen LogP contribution in [0.3, 0.4) is 0 Å². The second-order valence-corrected chi connectivity index (χ2v) is 30.9.